The molecule has 0 saturated carbocycles. The van der Waals surface area contributed by atoms with E-state index in [0.717, 1.165) is 5.69 Å². The predicted molar refractivity (Wildman–Crippen MR) is 99.4 cm³/mol. The number of benzene rings is 2. The van der Waals surface area contributed by atoms with Gasteiger partial charge in [0, 0.05) is 12.6 Å². The van der Waals surface area contributed by atoms with Crippen LogP contribution in [0.15, 0.2) is 53.4 Å². The Kier molecular flexibility index (Phi) is 4.20. The smallest absolute Gasteiger partial charge is 0.264 e. The van der Waals surface area contributed by atoms with Crippen molar-refractivity contribution in [2.45, 2.75) is 31.2 Å². The number of para-hydroxylation sites is 2. The first-order valence-corrected chi connectivity index (χ1v) is 9.41. The third kappa shape index (κ3) is 3.46. The van der Waals surface area contributed by atoms with Gasteiger partial charge < -0.3 is 10.6 Å². The zero-order chi connectivity index (χ0) is 18.2. The van der Waals surface area contributed by atoms with Crippen molar-refractivity contribution in [1.29, 1.82) is 0 Å². The second-order valence-corrected chi connectivity index (χ2v) is 8.61. The van der Waals surface area contributed by atoms with Gasteiger partial charge in [-0.25, -0.2) is 8.42 Å². The van der Waals surface area contributed by atoms with Gasteiger partial charge in [0.1, 0.15) is 0 Å². The highest BCUT2D eigenvalue weighted by molar-refractivity contribution is 7.92. The summed E-state index contributed by atoms with van der Waals surface area (Å²) in [5, 5.41) is 6.00. The van der Waals surface area contributed by atoms with E-state index in [9.17, 15) is 13.2 Å². The minimum Gasteiger partial charge on any atom is -0.377 e. The van der Waals surface area contributed by atoms with Crippen molar-refractivity contribution < 1.29 is 13.2 Å². The lowest BCUT2D eigenvalue weighted by atomic mass is 10.0. The van der Waals surface area contributed by atoms with Gasteiger partial charge in [0.2, 0.25) is 5.91 Å². The number of rotatable bonds is 3. The van der Waals surface area contributed by atoms with Crippen LogP contribution in [0, 0.1) is 0 Å². The molecule has 3 rings (SSSR count). The molecule has 0 fully saturated rings. The third-order valence-corrected chi connectivity index (χ3v) is 5.72. The molecular formula is C18H21N3O3S. The summed E-state index contributed by atoms with van der Waals surface area (Å²) in [7, 11) is -3.71. The number of nitrogens with one attached hydrogen (secondary N) is 2. The van der Waals surface area contributed by atoms with Gasteiger partial charge in [-0.3, -0.25) is 9.10 Å². The van der Waals surface area contributed by atoms with Gasteiger partial charge in [-0.05, 0) is 50.2 Å². The first-order chi connectivity index (χ1) is 11.7. The minimum absolute atomic E-state index is 0.189. The Balaban J connectivity index is 2.01. The number of anilines is 3. The molecule has 2 N–H and O–H groups in total. The van der Waals surface area contributed by atoms with E-state index in [2.05, 4.69) is 10.6 Å². The van der Waals surface area contributed by atoms with Crippen LogP contribution < -0.4 is 14.9 Å². The van der Waals surface area contributed by atoms with Crippen LogP contribution in [0.1, 0.15) is 20.8 Å². The Morgan fingerprint density at radius 1 is 1.12 bits per heavy atom. The highest BCUT2D eigenvalue weighted by Crippen LogP contribution is 2.37. The number of hydrogen-bond donors (Lipinski definition) is 2. The van der Waals surface area contributed by atoms with Crippen LogP contribution in [0.25, 0.3) is 0 Å². The fourth-order valence-corrected chi connectivity index (χ4v) is 4.55. The van der Waals surface area contributed by atoms with Crippen LogP contribution in [-0.4, -0.2) is 26.4 Å². The molecule has 0 spiro atoms. The molecule has 2 aromatic carbocycles. The van der Waals surface area contributed by atoms with Gasteiger partial charge in [0.15, 0.2) is 0 Å². The van der Waals surface area contributed by atoms with E-state index in [1.165, 1.54) is 23.4 Å². The van der Waals surface area contributed by atoms with Crippen molar-refractivity contribution in [2.24, 2.45) is 0 Å². The first-order valence-electron chi connectivity index (χ1n) is 7.97. The zero-order valence-electron chi connectivity index (χ0n) is 14.4. The maximum Gasteiger partial charge on any atom is 0.264 e. The molecule has 0 bridgehead atoms. The summed E-state index contributed by atoms with van der Waals surface area (Å²) in [4.78, 5) is 11.3. The van der Waals surface area contributed by atoms with E-state index in [-0.39, 0.29) is 10.8 Å². The Hall–Kier alpha value is -2.54. The number of fused-ring (bicyclic) bond motifs is 1. The van der Waals surface area contributed by atoms with E-state index in [0.29, 0.717) is 17.9 Å². The number of carbonyl (C=O) groups excluding carboxylic acids is 1. The van der Waals surface area contributed by atoms with Gasteiger partial charge in [0.25, 0.3) is 10.0 Å². The summed E-state index contributed by atoms with van der Waals surface area (Å²) in [6.07, 6.45) is 0. The Morgan fingerprint density at radius 2 is 1.76 bits per heavy atom. The standard InChI is InChI=1S/C18H21N3O3S/c1-13(22)19-14-8-10-15(11-9-14)25(23,24)21-12-18(2,3)20-16-6-4-5-7-17(16)21/h4-11,20H,12H2,1-3H3,(H,19,22). The van der Waals surface area contributed by atoms with Gasteiger partial charge in [-0.15, -0.1) is 0 Å². The topological polar surface area (TPSA) is 78.5 Å². The molecule has 0 aliphatic carbocycles. The molecule has 0 unspecified atom stereocenters. The fraction of sp³-hybridized carbons (Fsp3) is 0.278. The number of amides is 1. The first kappa shape index (κ1) is 17.3. The van der Waals surface area contributed by atoms with Crippen molar-refractivity contribution in [3.8, 4) is 0 Å². The molecule has 132 valence electrons. The van der Waals surface area contributed by atoms with E-state index >= 15 is 0 Å². The molecule has 7 heteroatoms. The van der Waals surface area contributed by atoms with E-state index < -0.39 is 15.6 Å². The molecular weight excluding hydrogens is 338 g/mol. The van der Waals surface area contributed by atoms with E-state index in [4.69, 9.17) is 0 Å². The summed E-state index contributed by atoms with van der Waals surface area (Å²) in [6.45, 7) is 5.65. The molecule has 1 heterocycles. The molecule has 0 atom stereocenters. The van der Waals surface area contributed by atoms with Crippen LogP contribution in [0.4, 0.5) is 17.1 Å². The average Bonchev–Trinajstić information content (AvgIpc) is 2.53. The molecule has 1 amide bonds. The van der Waals surface area contributed by atoms with Crippen molar-refractivity contribution in [3.05, 3.63) is 48.5 Å². The maximum absolute atomic E-state index is 13.2. The summed E-state index contributed by atoms with van der Waals surface area (Å²) < 4.78 is 27.8. The SMILES string of the molecule is CC(=O)Nc1ccc(S(=O)(=O)N2CC(C)(C)Nc3ccccc32)cc1. The number of hydrogen-bond acceptors (Lipinski definition) is 4. The molecule has 6 nitrogen and oxygen atoms in total. The minimum atomic E-state index is -3.71. The van der Waals surface area contributed by atoms with Crippen molar-refractivity contribution in [2.75, 3.05) is 21.5 Å². The van der Waals surface area contributed by atoms with Crippen LogP contribution >= 0.6 is 0 Å². The monoisotopic (exact) mass is 359 g/mol. The molecule has 2 aromatic rings. The van der Waals surface area contributed by atoms with E-state index in [1.54, 1.807) is 18.2 Å². The Bertz CT molecular complexity index is 905. The molecule has 25 heavy (non-hydrogen) atoms. The van der Waals surface area contributed by atoms with Gasteiger partial charge in [-0.2, -0.15) is 0 Å². The Labute approximate surface area is 147 Å². The average molecular weight is 359 g/mol. The third-order valence-electron chi connectivity index (χ3n) is 3.95. The van der Waals surface area contributed by atoms with Gasteiger partial charge >= 0.3 is 0 Å². The largest absolute Gasteiger partial charge is 0.377 e. The van der Waals surface area contributed by atoms with Crippen molar-refractivity contribution in [1.82, 2.24) is 0 Å². The van der Waals surface area contributed by atoms with Gasteiger partial charge in [-0.1, -0.05) is 12.1 Å². The fourth-order valence-electron chi connectivity index (χ4n) is 2.90. The molecule has 0 radical (unpaired) electrons. The second kappa shape index (κ2) is 6.07. The molecule has 1 aliphatic rings. The van der Waals surface area contributed by atoms with Crippen LogP contribution in [-0.2, 0) is 14.8 Å². The normalized spacial score (nSPS) is 15.9. The van der Waals surface area contributed by atoms with Crippen LogP contribution in [0.5, 0.6) is 0 Å². The van der Waals surface area contributed by atoms with Crippen LogP contribution in [0.2, 0.25) is 0 Å². The molecule has 0 saturated heterocycles. The zero-order valence-corrected chi connectivity index (χ0v) is 15.2. The summed E-state index contributed by atoms with van der Waals surface area (Å²) in [5.41, 5.74) is 1.59. The Morgan fingerprint density at radius 3 is 2.40 bits per heavy atom. The lowest BCUT2D eigenvalue weighted by molar-refractivity contribution is -0.114. The summed E-state index contributed by atoms with van der Waals surface area (Å²) >= 11 is 0. The lowest BCUT2D eigenvalue weighted by Gasteiger charge is -2.41. The highest BCUT2D eigenvalue weighted by atomic mass is 32.2. The van der Waals surface area contributed by atoms with Crippen LogP contribution in [0.3, 0.4) is 0 Å². The quantitative estimate of drug-likeness (QED) is 0.883. The molecule has 1 aliphatic heterocycles. The lowest BCUT2D eigenvalue weighted by Crippen LogP contribution is -2.50. The summed E-state index contributed by atoms with van der Waals surface area (Å²) in [6, 6.07) is 13.6. The predicted octanol–water partition coefficient (Wildman–Crippen LogP) is 3.04. The number of sulfonamides is 1. The second-order valence-electron chi connectivity index (χ2n) is 6.74. The van der Waals surface area contributed by atoms with Crippen molar-refractivity contribution >= 4 is 33.0 Å². The van der Waals surface area contributed by atoms with Crippen molar-refractivity contribution in [3.63, 3.8) is 0 Å². The molecule has 0 aromatic heterocycles. The van der Waals surface area contributed by atoms with Gasteiger partial charge in [0.05, 0.1) is 28.4 Å². The summed E-state index contributed by atoms with van der Waals surface area (Å²) in [5.74, 6) is -0.201. The maximum atomic E-state index is 13.2. The number of carbonyl (C=O) groups is 1. The highest BCUT2D eigenvalue weighted by Gasteiger charge is 2.36. The number of nitrogens with zero attached hydrogens (tertiary/aromatic N) is 1. The van der Waals surface area contributed by atoms with E-state index in [1.807, 2.05) is 32.0 Å².